The van der Waals surface area contributed by atoms with Gasteiger partial charge in [-0.3, -0.25) is 19.1 Å². The number of H-pyrrole nitrogens is 1. The minimum atomic E-state index is -0.678. The average Bonchev–Trinajstić information content (AvgIpc) is 2.81. The lowest BCUT2D eigenvalue weighted by molar-refractivity contribution is -0.115. The molecule has 33 heavy (non-hydrogen) atoms. The van der Waals surface area contributed by atoms with Crippen LogP contribution < -0.4 is 31.9 Å². The van der Waals surface area contributed by atoms with Gasteiger partial charge in [0.05, 0.1) is 32.5 Å². The van der Waals surface area contributed by atoms with Gasteiger partial charge < -0.3 is 25.4 Å². The zero-order valence-electron chi connectivity index (χ0n) is 18.5. The Labute approximate surface area is 190 Å². The molecule has 0 aliphatic heterocycles. The van der Waals surface area contributed by atoms with Crippen LogP contribution >= 0.6 is 0 Å². The quantitative estimate of drug-likeness (QED) is 0.421. The van der Waals surface area contributed by atoms with Gasteiger partial charge in [0.2, 0.25) is 5.91 Å². The molecular formula is C23H27N5O5. The largest absolute Gasteiger partial charge is 0.495 e. The minimum Gasteiger partial charge on any atom is -0.495 e. The first-order valence-corrected chi connectivity index (χ1v) is 10.3. The van der Waals surface area contributed by atoms with E-state index in [2.05, 4.69) is 10.3 Å². The molecule has 0 saturated heterocycles. The fourth-order valence-corrected chi connectivity index (χ4v) is 3.39. The Morgan fingerprint density at radius 1 is 1.09 bits per heavy atom. The Kier molecular flexibility index (Phi) is 7.87. The second-order valence-corrected chi connectivity index (χ2v) is 7.23. The number of nitrogens with zero attached hydrogens (tertiary/aromatic N) is 2. The Morgan fingerprint density at radius 3 is 2.48 bits per heavy atom. The van der Waals surface area contributed by atoms with E-state index in [0.717, 1.165) is 5.56 Å². The first kappa shape index (κ1) is 23.6. The van der Waals surface area contributed by atoms with E-state index in [1.807, 2.05) is 30.3 Å². The van der Waals surface area contributed by atoms with Gasteiger partial charge >= 0.3 is 5.69 Å². The van der Waals surface area contributed by atoms with E-state index >= 15 is 0 Å². The number of nitrogens with one attached hydrogen (secondary N) is 2. The summed E-state index contributed by atoms with van der Waals surface area (Å²) < 4.78 is 11.7. The Hall–Kier alpha value is -4.05. The number of benzene rings is 2. The number of rotatable bonds is 10. The van der Waals surface area contributed by atoms with Gasteiger partial charge in [0.15, 0.2) is 0 Å². The van der Waals surface area contributed by atoms with Crippen LogP contribution in [0, 0.1) is 0 Å². The third kappa shape index (κ3) is 5.80. The molecule has 0 atom stereocenters. The SMILES string of the molecule is COCCN(CC(=O)Nc1ccccc1OC)c1c(N)n(Cc2ccccc2)c(=O)[nH]c1=O. The molecule has 0 spiro atoms. The van der Waals surface area contributed by atoms with Crippen LogP contribution in [0.1, 0.15) is 5.56 Å². The van der Waals surface area contributed by atoms with Crippen molar-refractivity contribution in [2.45, 2.75) is 6.54 Å². The smallest absolute Gasteiger partial charge is 0.330 e. The van der Waals surface area contributed by atoms with Crippen LogP contribution in [0.15, 0.2) is 64.2 Å². The van der Waals surface area contributed by atoms with Crippen molar-refractivity contribution in [3.63, 3.8) is 0 Å². The number of nitrogens with two attached hydrogens (primary N) is 1. The Morgan fingerprint density at radius 2 is 1.79 bits per heavy atom. The number of aromatic amines is 1. The molecule has 0 aliphatic rings. The van der Waals surface area contributed by atoms with E-state index < -0.39 is 17.2 Å². The first-order chi connectivity index (χ1) is 15.9. The number of nitrogen functional groups attached to an aromatic ring is 1. The van der Waals surface area contributed by atoms with Gasteiger partial charge in [-0.15, -0.1) is 0 Å². The number of hydrogen-bond acceptors (Lipinski definition) is 7. The van der Waals surface area contributed by atoms with Gasteiger partial charge in [0, 0.05) is 13.7 Å². The molecule has 0 bridgehead atoms. The van der Waals surface area contributed by atoms with Crippen LogP contribution in [-0.4, -0.2) is 49.4 Å². The molecule has 2 aromatic carbocycles. The van der Waals surface area contributed by atoms with Gasteiger partial charge in [0.25, 0.3) is 5.56 Å². The highest BCUT2D eigenvalue weighted by Crippen LogP contribution is 2.23. The summed E-state index contributed by atoms with van der Waals surface area (Å²) in [5, 5.41) is 2.77. The van der Waals surface area contributed by atoms with E-state index in [1.165, 1.54) is 23.7 Å². The van der Waals surface area contributed by atoms with E-state index in [1.54, 1.807) is 24.3 Å². The summed E-state index contributed by atoms with van der Waals surface area (Å²) in [4.78, 5) is 41.8. The van der Waals surface area contributed by atoms with Crippen molar-refractivity contribution in [1.29, 1.82) is 0 Å². The van der Waals surface area contributed by atoms with Gasteiger partial charge in [-0.05, 0) is 17.7 Å². The number of amides is 1. The number of carbonyl (C=O) groups excluding carboxylic acids is 1. The van der Waals surface area contributed by atoms with Crippen LogP contribution in [0.4, 0.5) is 17.2 Å². The predicted molar refractivity (Wildman–Crippen MR) is 127 cm³/mol. The number of carbonyl (C=O) groups is 1. The van der Waals surface area contributed by atoms with Crippen LogP contribution in [0.2, 0.25) is 0 Å². The van der Waals surface area contributed by atoms with E-state index in [-0.39, 0.29) is 37.7 Å². The second kappa shape index (κ2) is 11.0. The molecule has 0 radical (unpaired) electrons. The zero-order valence-corrected chi connectivity index (χ0v) is 18.5. The summed E-state index contributed by atoms with van der Waals surface area (Å²) in [5.41, 5.74) is 6.33. The highest BCUT2D eigenvalue weighted by atomic mass is 16.5. The molecule has 0 unspecified atom stereocenters. The summed E-state index contributed by atoms with van der Waals surface area (Å²) >= 11 is 0. The molecule has 3 rings (SSSR count). The van der Waals surface area contributed by atoms with E-state index in [0.29, 0.717) is 11.4 Å². The fraction of sp³-hybridized carbons (Fsp3) is 0.261. The summed E-state index contributed by atoms with van der Waals surface area (Å²) in [6, 6.07) is 16.2. The van der Waals surface area contributed by atoms with Crippen molar-refractivity contribution in [3.05, 3.63) is 81.0 Å². The summed E-state index contributed by atoms with van der Waals surface area (Å²) in [6.07, 6.45) is 0. The molecule has 1 amide bonds. The minimum absolute atomic E-state index is 0.0257. The molecule has 1 aromatic heterocycles. The van der Waals surface area contributed by atoms with Crippen molar-refractivity contribution in [2.75, 3.05) is 49.9 Å². The number of anilines is 3. The molecule has 174 valence electrons. The first-order valence-electron chi connectivity index (χ1n) is 10.3. The second-order valence-electron chi connectivity index (χ2n) is 7.23. The predicted octanol–water partition coefficient (Wildman–Crippen LogP) is 1.27. The highest BCUT2D eigenvalue weighted by Gasteiger charge is 2.21. The highest BCUT2D eigenvalue weighted by molar-refractivity contribution is 5.95. The maximum Gasteiger partial charge on any atom is 0.330 e. The molecule has 0 fully saturated rings. The standard InChI is InChI=1S/C23H27N5O5/c1-32-13-12-27(15-19(29)25-17-10-6-7-11-18(17)33-2)20-21(24)28(23(31)26-22(20)30)14-16-8-4-3-5-9-16/h3-11H,12-15,24H2,1-2H3,(H,25,29)(H,26,30,31). The van der Waals surface area contributed by atoms with Crippen molar-refractivity contribution < 1.29 is 14.3 Å². The zero-order chi connectivity index (χ0) is 23.8. The van der Waals surface area contributed by atoms with Gasteiger partial charge in [-0.25, -0.2) is 4.79 Å². The van der Waals surface area contributed by atoms with Crippen LogP contribution in [0.5, 0.6) is 5.75 Å². The van der Waals surface area contributed by atoms with Gasteiger partial charge in [-0.2, -0.15) is 0 Å². The number of hydrogen-bond donors (Lipinski definition) is 3. The van der Waals surface area contributed by atoms with Gasteiger partial charge in [0.1, 0.15) is 17.3 Å². The monoisotopic (exact) mass is 453 g/mol. The fourth-order valence-electron chi connectivity index (χ4n) is 3.39. The van der Waals surface area contributed by atoms with Crippen LogP contribution in [-0.2, 0) is 16.1 Å². The van der Waals surface area contributed by atoms with Crippen molar-refractivity contribution in [2.24, 2.45) is 0 Å². The molecule has 0 aliphatic carbocycles. The van der Waals surface area contributed by atoms with Crippen LogP contribution in [0.25, 0.3) is 0 Å². The number of ether oxygens (including phenoxy) is 2. The third-order valence-corrected chi connectivity index (χ3v) is 4.99. The lowest BCUT2D eigenvalue weighted by Gasteiger charge is -2.25. The maximum absolute atomic E-state index is 12.8. The van der Waals surface area contributed by atoms with Crippen molar-refractivity contribution >= 4 is 23.1 Å². The van der Waals surface area contributed by atoms with E-state index in [4.69, 9.17) is 15.2 Å². The third-order valence-electron chi connectivity index (χ3n) is 4.99. The number of methoxy groups -OCH3 is 2. The van der Waals surface area contributed by atoms with E-state index in [9.17, 15) is 14.4 Å². The molecule has 0 saturated carbocycles. The van der Waals surface area contributed by atoms with Crippen molar-refractivity contribution in [3.8, 4) is 5.75 Å². The maximum atomic E-state index is 12.8. The molecule has 10 nitrogen and oxygen atoms in total. The number of aromatic nitrogens is 2. The summed E-state index contributed by atoms with van der Waals surface area (Å²) in [7, 11) is 3.02. The summed E-state index contributed by atoms with van der Waals surface area (Å²) in [5.74, 6) is 0.0760. The molecule has 1 heterocycles. The Balaban J connectivity index is 1.93. The average molecular weight is 453 g/mol. The summed E-state index contributed by atoms with van der Waals surface area (Å²) in [6.45, 7) is 0.407. The van der Waals surface area contributed by atoms with Crippen LogP contribution in [0.3, 0.4) is 0 Å². The molecular weight excluding hydrogens is 426 g/mol. The topological polar surface area (TPSA) is 132 Å². The Bertz CT molecular complexity index is 1210. The lowest BCUT2D eigenvalue weighted by atomic mass is 10.2. The van der Waals surface area contributed by atoms with Crippen molar-refractivity contribution in [1.82, 2.24) is 9.55 Å². The normalized spacial score (nSPS) is 10.6. The molecule has 10 heteroatoms. The molecule has 3 aromatic rings. The lowest BCUT2D eigenvalue weighted by Crippen LogP contribution is -2.42. The molecule has 4 N–H and O–H groups in total. The van der Waals surface area contributed by atoms with Gasteiger partial charge in [-0.1, -0.05) is 42.5 Å². The number of para-hydroxylation sites is 2.